The Labute approximate surface area is 176 Å². The number of nitrogens with zero attached hydrogens (tertiary/aromatic N) is 2. The van der Waals surface area contributed by atoms with Gasteiger partial charge in [-0.1, -0.05) is 48.0 Å². The van der Waals surface area contributed by atoms with Gasteiger partial charge in [-0.2, -0.15) is 5.10 Å². The van der Waals surface area contributed by atoms with Crippen LogP contribution in [-0.2, 0) is 11.1 Å². The normalized spacial score (nSPS) is 11.6. The first-order valence-electron chi connectivity index (χ1n) is 7.17. The Bertz CT molecular complexity index is 846. The Kier molecular flexibility index (Phi) is 6.79. The number of allylic oxidation sites excluding steroid dienone is 1. The van der Waals surface area contributed by atoms with Gasteiger partial charge in [-0.15, -0.1) is 0 Å². The average molecular weight is 381 g/mol. The van der Waals surface area contributed by atoms with Gasteiger partial charge < -0.3 is 4.55 Å². The molecule has 7 heteroatoms. The second-order valence-electron chi connectivity index (χ2n) is 5.35. The molecule has 4 nitrogen and oxygen atoms in total. The van der Waals surface area contributed by atoms with Gasteiger partial charge in [0.2, 0.25) is 0 Å². The molecule has 1 unspecified atom stereocenters. The topological polar surface area (TPSA) is 58.0 Å². The molecule has 1 heterocycles. The van der Waals surface area contributed by atoms with Crippen LogP contribution in [0, 0.1) is 0 Å². The molecular weight excluding hydrogens is 367 g/mol. The van der Waals surface area contributed by atoms with Gasteiger partial charge in [-0.25, -0.2) is 4.68 Å². The van der Waals surface area contributed by atoms with Gasteiger partial charge in [-0.05, 0) is 47.8 Å². The summed E-state index contributed by atoms with van der Waals surface area (Å²) in [5, 5.41) is 4.69. The van der Waals surface area contributed by atoms with Gasteiger partial charge in [-0.3, -0.25) is 4.21 Å². The van der Waals surface area contributed by atoms with Crippen LogP contribution >= 0.6 is 11.6 Å². The maximum Gasteiger partial charge on any atom is 1.00 e. The van der Waals surface area contributed by atoms with Crippen LogP contribution in [0.15, 0.2) is 66.1 Å². The summed E-state index contributed by atoms with van der Waals surface area (Å²) in [6, 6.07) is 16.1. The Balaban J connectivity index is 0.00000225. The van der Waals surface area contributed by atoms with Crippen molar-refractivity contribution in [2.45, 2.75) is 11.8 Å². The van der Waals surface area contributed by atoms with E-state index in [2.05, 4.69) is 11.7 Å². The molecule has 0 aliphatic carbocycles. The molecule has 0 fully saturated rings. The van der Waals surface area contributed by atoms with Crippen molar-refractivity contribution in [1.29, 1.82) is 0 Å². The van der Waals surface area contributed by atoms with E-state index in [4.69, 9.17) is 11.6 Å². The fourth-order valence-corrected chi connectivity index (χ4v) is 2.92. The summed E-state index contributed by atoms with van der Waals surface area (Å²) in [4.78, 5) is 0.238. The first kappa shape index (κ1) is 20.1. The van der Waals surface area contributed by atoms with Gasteiger partial charge in [0.1, 0.15) is 0 Å². The molecule has 0 aliphatic heterocycles. The van der Waals surface area contributed by atoms with Gasteiger partial charge in [0.25, 0.3) is 0 Å². The minimum Gasteiger partial charge on any atom is -0.768 e. The molecule has 1 aromatic heterocycles. The van der Waals surface area contributed by atoms with Crippen LogP contribution in [0.3, 0.4) is 0 Å². The fourth-order valence-electron chi connectivity index (χ4n) is 2.38. The number of rotatable bonds is 4. The second-order valence-corrected chi connectivity index (χ2v) is 6.68. The summed E-state index contributed by atoms with van der Waals surface area (Å²) in [5.74, 6) is 0. The van der Waals surface area contributed by atoms with E-state index >= 15 is 0 Å². The fraction of sp³-hybridized carbons (Fsp3) is 0.0556. The zero-order valence-corrected chi connectivity index (χ0v) is 17.5. The summed E-state index contributed by atoms with van der Waals surface area (Å²) < 4.78 is 23.7. The molecule has 0 aliphatic rings. The van der Waals surface area contributed by atoms with Gasteiger partial charge in [0, 0.05) is 16.5 Å². The van der Waals surface area contributed by atoms with Crippen molar-refractivity contribution in [1.82, 2.24) is 9.78 Å². The minimum atomic E-state index is -2.24. The Morgan fingerprint density at radius 3 is 2.28 bits per heavy atom. The summed E-state index contributed by atoms with van der Waals surface area (Å²) in [5.41, 5.74) is 4.51. The predicted octanol–water partition coefficient (Wildman–Crippen LogP) is 1.47. The van der Waals surface area contributed by atoms with Crippen molar-refractivity contribution < 1.29 is 38.3 Å². The smallest absolute Gasteiger partial charge is 0.768 e. The standard InChI is InChI=1S/C18H15ClN2O2S.Na/c1-12(2)13-3-7-15(8-4-13)21-17(11-18(19)20-21)14-5-9-16(10-6-14)24(22)23;/h3-11H,1H2,2H3,(H,22,23);/q;+1/p-1. The van der Waals surface area contributed by atoms with E-state index in [1.54, 1.807) is 35.0 Å². The number of benzene rings is 2. The van der Waals surface area contributed by atoms with E-state index in [1.807, 2.05) is 31.2 Å². The molecule has 0 bridgehead atoms. The Morgan fingerprint density at radius 2 is 1.76 bits per heavy atom. The maximum atomic E-state index is 11.0. The van der Waals surface area contributed by atoms with Crippen molar-refractivity contribution in [2.24, 2.45) is 0 Å². The molecule has 1 atom stereocenters. The third-order valence-electron chi connectivity index (χ3n) is 3.63. The van der Waals surface area contributed by atoms with Gasteiger partial charge in [0.05, 0.1) is 11.4 Å². The van der Waals surface area contributed by atoms with Crippen molar-refractivity contribution in [3.8, 4) is 16.9 Å². The van der Waals surface area contributed by atoms with E-state index in [1.165, 1.54) is 0 Å². The Morgan fingerprint density at radius 1 is 1.16 bits per heavy atom. The average Bonchev–Trinajstić information content (AvgIpc) is 2.97. The van der Waals surface area contributed by atoms with Crippen LogP contribution < -0.4 is 29.6 Å². The molecule has 0 amide bonds. The SMILES string of the molecule is C=C(C)c1ccc(-n2nc(Cl)cc2-c2ccc(S(=O)[O-])cc2)cc1.[Na+]. The van der Waals surface area contributed by atoms with Crippen molar-refractivity contribution in [3.63, 3.8) is 0 Å². The summed E-state index contributed by atoms with van der Waals surface area (Å²) >= 11 is 3.84. The van der Waals surface area contributed by atoms with Crippen LogP contribution in [0.5, 0.6) is 0 Å². The zero-order valence-electron chi connectivity index (χ0n) is 13.9. The van der Waals surface area contributed by atoms with Crippen molar-refractivity contribution in [3.05, 3.63) is 71.9 Å². The molecule has 122 valence electrons. The van der Waals surface area contributed by atoms with Crippen molar-refractivity contribution in [2.75, 3.05) is 0 Å². The second kappa shape index (κ2) is 8.45. The van der Waals surface area contributed by atoms with E-state index in [0.717, 1.165) is 28.1 Å². The number of halogens is 1. The number of hydrogen-bond acceptors (Lipinski definition) is 3. The van der Waals surface area contributed by atoms with Gasteiger partial charge >= 0.3 is 29.6 Å². The third-order valence-corrected chi connectivity index (χ3v) is 4.47. The summed E-state index contributed by atoms with van der Waals surface area (Å²) in [6.45, 7) is 5.88. The van der Waals surface area contributed by atoms with Crippen LogP contribution in [0.2, 0.25) is 5.15 Å². The van der Waals surface area contributed by atoms with E-state index in [9.17, 15) is 8.76 Å². The maximum absolute atomic E-state index is 11.0. The quantitative estimate of drug-likeness (QED) is 0.508. The monoisotopic (exact) mass is 380 g/mol. The van der Waals surface area contributed by atoms with Crippen LogP contribution in [0.25, 0.3) is 22.5 Å². The van der Waals surface area contributed by atoms with Crippen LogP contribution in [-0.4, -0.2) is 18.5 Å². The first-order valence-corrected chi connectivity index (χ1v) is 8.62. The van der Waals surface area contributed by atoms with Crippen LogP contribution in [0.4, 0.5) is 0 Å². The van der Waals surface area contributed by atoms with Gasteiger partial charge in [0.15, 0.2) is 5.15 Å². The molecule has 0 radical (unpaired) electrons. The molecule has 3 rings (SSSR count). The van der Waals surface area contributed by atoms with E-state index in [-0.39, 0.29) is 34.5 Å². The third kappa shape index (κ3) is 4.50. The number of hydrogen-bond donors (Lipinski definition) is 0. The molecule has 0 saturated heterocycles. The van der Waals surface area contributed by atoms with Crippen LogP contribution in [0.1, 0.15) is 12.5 Å². The zero-order chi connectivity index (χ0) is 17.3. The Hall–Kier alpha value is -1.21. The van der Waals surface area contributed by atoms with E-state index in [0.29, 0.717) is 5.15 Å². The molecular formula is C18H14ClN2NaO2S. The predicted molar refractivity (Wildman–Crippen MR) is 95.9 cm³/mol. The summed E-state index contributed by atoms with van der Waals surface area (Å²) in [7, 11) is 0. The molecule has 0 saturated carbocycles. The molecule has 2 aromatic carbocycles. The number of aromatic nitrogens is 2. The summed E-state index contributed by atoms with van der Waals surface area (Å²) in [6.07, 6.45) is 0. The first-order chi connectivity index (χ1) is 11.5. The molecule has 3 aromatic rings. The molecule has 0 spiro atoms. The molecule has 25 heavy (non-hydrogen) atoms. The largest absolute Gasteiger partial charge is 1.00 e. The van der Waals surface area contributed by atoms with E-state index < -0.39 is 11.1 Å². The van der Waals surface area contributed by atoms with Crippen molar-refractivity contribution >= 4 is 28.3 Å². The minimum absolute atomic E-state index is 0. The molecule has 0 N–H and O–H groups in total.